The minimum Gasteiger partial charge on any atom is -0.392 e. The Bertz CT molecular complexity index is 614. The van der Waals surface area contributed by atoms with Crippen molar-refractivity contribution in [3.05, 3.63) is 29.1 Å². The third-order valence-corrected chi connectivity index (χ3v) is 4.44. The first-order valence-corrected chi connectivity index (χ1v) is 7.43. The summed E-state index contributed by atoms with van der Waals surface area (Å²) in [6.07, 6.45) is -5.86. The van der Waals surface area contributed by atoms with Crippen molar-refractivity contribution in [3.63, 3.8) is 0 Å². The molecule has 0 heterocycles. The molecule has 1 aromatic carbocycles. The number of nitrogens with one attached hydrogen (secondary N) is 1. The molecule has 120 valence electrons. The van der Waals surface area contributed by atoms with Crippen LogP contribution in [0.3, 0.4) is 0 Å². The van der Waals surface area contributed by atoms with E-state index in [2.05, 4.69) is 0 Å². The number of benzene rings is 1. The van der Waals surface area contributed by atoms with Gasteiger partial charge in [-0.2, -0.15) is 13.2 Å². The van der Waals surface area contributed by atoms with Gasteiger partial charge in [-0.05, 0) is 31.5 Å². The standard InChI is InChI=1S/C12H15F4NO3S/c1-7(5-12(14,15)16)17-21(19,20)11-4-9(6-18)3-10(13)8(11)2/h3-4,7,17-18H,5-6H2,1-2H3. The van der Waals surface area contributed by atoms with Crippen molar-refractivity contribution in [2.24, 2.45) is 0 Å². The predicted molar refractivity (Wildman–Crippen MR) is 67.5 cm³/mol. The first-order chi connectivity index (χ1) is 9.46. The van der Waals surface area contributed by atoms with Gasteiger partial charge in [0.15, 0.2) is 0 Å². The van der Waals surface area contributed by atoms with Gasteiger partial charge >= 0.3 is 6.18 Å². The lowest BCUT2D eigenvalue weighted by Gasteiger charge is -2.17. The summed E-state index contributed by atoms with van der Waals surface area (Å²) in [7, 11) is -4.32. The summed E-state index contributed by atoms with van der Waals surface area (Å²) >= 11 is 0. The molecule has 0 amide bonds. The van der Waals surface area contributed by atoms with Crippen molar-refractivity contribution in [1.82, 2.24) is 4.72 Å². The maximum atomic E-state index is 13.6. The molecular weight excluding hydrogens is 314 g/mol. The Balaban J connectivity index is 3.11. The monoisotopic (exact) mass is 329 g/mol. The second kappa shape index (κ2) is 6.29. The maximum Gasteiger partial charge on any atom is 0.390 e. The molecule has 0 saturated heterocycles. The van der Waals surface area contributed by atoms with E-state index < -0.39 is 46.0 Å². The van der Waals surface area contributed by atoms with Crippen molar-refractivity contribution in [2.45, 2.75) is 44.0 Å². The SMILES string of the molecule is Cc1c(F)cc(CO)cc1S(=O)(=O)NC(C)CC(F)(F)F. The zero-order chi connectivity index (χ0) is 16.4. The van der Waals surface area contributed by atoms with E-state index in [4.69, 9.17) is 5.11 Å². The fraction of sp³-hybridized carbons (Fsp3) is 0.500. The van der Waals surface area contributed by atoms with Crippen LogP contribution in [0.1, 0.15) is 24.5 Å². The average molecular weight is 329 g/mol. The molecule has 4 nitrogen and oxygen atoms in total. The zero-order valence-electron chi connectivity index (χ0n) is 11.3. The summed E-state index contributed by atoms with van der Waals surface area (Å²) in [5, 5.41) is 8.95. The predicted octanol–water partition coefficient (Wildman–Crippen LogP) is 2.25. The fourth-order valence-corrected chi connectivity index (χ4v) is 3.34. The highest BCUT2D eigenvalue weighted by molar-refractivity contribution is 7.89. The summed E-state index contributed by atoms with van der Waals surface area (Å²) in [4.78, 5) is -0.486. The highest BCUT2D eigenvalue weighted by Crippen LogP contribution is 2.24. The summed E-state index contributed by atoms with van der Waals surface area (Å²) in [5.74, 6) is -0.856. The highest BCUT2D eigenvalue weighted by Gasteiger charge is 2.32. The number of rotatable bonds is 5. The molecule has 0 aliphatic rings. The Morgan fingerprint density at radius 2 is 1.90 bits per heavy atom. The van der Waals surface area contributed by atoms with Crippen LogP contribution in [-0.2, 0) is 16.6 Å². The first kappa shape index (κ1) is 17.9. The van der Waals surface area contributed by atoms with Gasteiger partial charge in [-0.1, -0.05) is 0 Å². The third-order valence-electron chi connectivity index (χ3n) is 2.72. The van der Waals surface area contributed by atoms with Crippen LogP contribution in [0.2, 0.25) is 0 Å². The average Bonchev–Trinajstić information content (AvgIpc) is 2.28. The highest BCUT2D eigenvalue weighted by atomic mass is 32.2. The number of alkyl halides is 3. The molecule has 1 unspecified atom stereocenters. The molecule has 0 radical (unpaired) electrons. The molecule has 9 heteroatoms. The van der Waals surface area contributed by atoms with Crippen LogP contribution in [0, 0.1) is 12.7 Å². The molecule has 0 aromatic heterocycles. The van der Waals surface area contributed by atoms with Crippen LogP contribution >= 0.6 is 0 Å². The lowest BCUT2D eigenvalue weighted by atomic mass is 10.1. The molecule has 21 heavy (non-hydrogen) atoms. The lowest BCUT2D eigenvalue weighted by molar-refractivity contribution is -0.137. The van der Waals surface area contributed by atoms with Gasteiger partial charge in [-0.25, -0.2) is 17.5 Å². The minimum absolute atomic E-state index is 0.0157. The summed E-state index contributed by atoms with van der Waals surface area (Å²) in [6.45, 7) is 1.67. The lowest BCUT2D eigenvalue weighted by Crippen LogP contribution is -2.36. The van der Waals surface area contributed by atoms with E-state index in [1.54, 1.807) is 0 Å². The van der Waals surface area contributed by atoms with Crippen LogP contribution in [0.15, 0.2) is 17.0 Å². The van der Waals surface area contributed by atoms with Crippen LogP contribution in [-0.4, -0.2) is 25.7 Å². The first-order valence-electron chi connectivity index (χ1n) is 5.95. The van der Waals surface area contributed by atoms with Crippen LogP contribution in [0.4, 0.5) is 17.6 Å². The number of hydrogen-bond acceptors (Lipinski definition) is 3. The maximum absolute atomic E-state index is 13.6. The Morgan fingerprint density at radius 3 is 2.38 bits per heavy atom. The van der Waals surface area contributed by atoms with Gasteiger partial charge in [0.1, 0.15) is 5.82 Å². The van der Waals surface area contributed by atoms with Crippen LogP contribution in [0.25, 0.3) is 0 Å². The molecular formula is C12H15F4NO3S. The van der Waals surface area contributed by atoms with Crippen molar-refractivity contribution in [1.29, 1.82) is 0 Å². The van der Waals surface area contributed by atoms with E-state index in [0.717, 1.165) is 19.1 Å². The van der Waals surface area contributed by atoms with E-state index in [0.29, 0.717) is 0 Å². The number of sulfonamides is 1. The smallest absolute Gasteiger partial charge is 0.390 e. The van der Waals surface area contributed by atoms with Gasteiger partial charge in [-0.3, -0.25) is 0 Å². The minimum atomic E-state index is -4.52. The van der Waals surface area contributed by atoms with Crippen LogP contribution < -0.4 is 4.72 Å². The quantitative estimate of drug-likeness (QED) is 0.814. The second-order valence-corrected chi connectivity index (χ2v) is 6.38. The van der Waals surface area contributed by atoms with E-state index in [1.165, 1.54) is 6.92 Å². The molecule has 1 atom stereocenters. The van der Waals surface area contributed by atoms with E-state index >= 15 is 0 Å². The molecule has 2 N–H and O–H groups in total. The topological polar surface area (TPSA) is 66.4 Å². The number of aliphatic hydroxyl groups excluding tert-OH is 1. The number of aliphatic hydroxyl groups is 1. The Kier molecular flexibility index (Phi) is 5.35. The van der Waals surface area contributed by atoms with Crippen molar-refractivity contribution in [3.8, 4) is 0 Å². The van der Waals surface area contributed by atoms with E-state index in [1.807, 2.05) is 4.72 Å². The van der Waals surface area contributed by atoms with E-state index in [9.17, 15) is 26.0 Å². The van der Waals surface area contributed by atoms with Crippen LogP contribution in [0.5, 0.6) is 0 Å². The number of halogens is 4. The Morgan fingerprint density at radius 1 is 1.33 bits per heavy atom. The van der Waals surface area contributed by atoms with Gasteiger partial charge in [0.2, 0.25) is 10.0 Å². The summed E-state index contributed by atoms with van der Waals surface area (Å²) < 4.78 is 76.2. The second-order valence-electron chi connectivity index (χ2n) is 4.70. The van der Waals surface area contributed by atoms with Gasteiger partial charge in [0.05, 0.1) is 17.9 Å². The molecule has 1 aromatic rings. The fourth-order valence-electron chi connectivity index (χ4n) is 1.79. The molecule has 0 aliphatic carbocycles. The van der Waals surface area contributed by atoms with Gasteiger partial charge in [-0.15, -0.1) is 0 Å². The largest absolute Gasteiger partial charge is 0.392 e. The molecule has 0 spiro atoms. The van der Waals surface area contributed by atoms with Gasteiger partial charge < -0.3 is 5.11 Å². The molecule has 0 bridgehead atoms. The van der Waals surface area contributed by atoms with Gasteiger partial charge in [0.25, 0.3) is 0 Å². The van der Waals surface area contributed by atoms with Gasteiger partial charge in [0, 0.05) is 11.6 Å². The zero-order valence-corrected chi connectivity index (χ0v) is 12.1. The molecule has 0 fully saturated rings. The third kappa shape index (κ3) is 4.94. The van der Waals surface area contributed by atoms with E-state index in [-0.39, 0.29) is 11.1 Å². The summed E-state index contributed by atoms with van der Waals surface area (Å²) in [5.41, 5.74) is -0.208. The normalized spacial score (nSPS) is 14.2. The molecule has 0 saturated carbocycles. The summed E-state index contributed by atoms with van der Waals surface area (Å²) in [6, 6.07) is 0.601. The number of hydrogen-bond donors (Lipinski definition) is 2. The van der Waals surface area contributed by atoms with Crippen molar-refractivity contribution in [2.75, 3.05) is 0 Å². The Hall–Kier alpha value is -1.19. The molecule has 0 aliphatic heterocycles. The Labute approximate surface area is 119 Å². The molecule has 1 rings (SSSR count). The van der Waals surface area contributed by atoms with Crippen molar-refractivity contribution < 1.29 is 31.1 Å². The van der Waals surface area contributed by atoms with Crippen molar-refractivity contribution >= 4 is 10.0 Å².